The van der Waals surface area contributed by atoms with E-state index in [1.54, 1.807) is 12.1 Å². The number of halogens is 3. The number of methoxy groups -OCH3 is 1. The predicted octanol–water partition coefficient (Wildman–Crippen LogP) is 3.74. The third kappa shape index (κ3) is 2.77. The van der Waals surface area contributed by atoms with Crippen molar-refractivity contribution in [3.05, 3.63) is 46.2 Å². The molecule has 2 aromatic rings. The number of hydrogen-bond donors (Lipinski definition) is 0. The minimum atomic E-state index is -0.331. The van der Waals surface area contributed by atoms with Crippen LogP contribution in [0.2, 0.25) is 10.3 Å². The molecule has 0 N–H and O–H groups in total. The second kappa shape index (κ2) is 5.61. The molecule has 0 atom stereocenters. The number of hydrogen-bond acceptors (Lipinski definition) is 3. The number of benzene rings is 1. The van der Waals surface area contributed by atoms with Gasteiger partial charge in [0.05, 0.1) is 5.56 Å². The van der Waals surface area contributed by atoms with Crippen LogP contribution in [0.25, 0.3) is 11.1 Å². The smallest absolute Gasteiger partial charge is 0.157 e. The number of nitrogens with zero attached hydrogens (tertiary/aromatic N) is 2. The molecule has 0 aliphatic rings. The highest BCUT2D eigenvalue weighted by Gasteiger charge is 2.13. The first-order valence-electron chi connectivity index (χ1n) is 5.08. The summed E-state index contributed by atoms with van der Waals surface area (Å²) in [6.45, 7) is 0.225. The van der Waals surface area contributed by atoms with E-state index in [4.69, 9.17) is 27.9 Å². The SMILES string of the molecule is COCc1nc(Cl)c(-c2ccc(F)cc2)c(Cl)n1. The summed E-state index contributed by atoms with van der Waals surface area (Å²) in [5.74, 6) is 0.0706. The van der Waals surface area contributed by atoms with Gasteiger partial charge in [-0.3, -0.25) is 0 Å². The zero-order chi connectivity index (χ0) is 13.1. The lowest BCUT2D eigenvalue weighted by atomic mass is 10.1. The van der Waals surface area contributed by atoms with Gasteiger partial charge in [0.2, 0.25) is 0 Å². The number of aromatic nitrogens is 2. The molecule has 0 unspecified atom stereocenters. The molecule has 0 saturated heterocycles. The van der Waals surface area contributed by atoms with Crippen molar-refractivity contribution in [2.24, 2.45) is 0 Å². The first-order chi connectivity index (χ1) is 8.61. The van der Waals surface area contributed by atoms with Crippen molar-refractivity contribution in [1.29, 1.82) is 0 Å². The normalized spacial score (nSPS) is 10.7. The third-order valence-electron chi connectivity index (χ3n) is 2.27. The molecule has 1 aromatic carbocycles. The number of ether oxygens (including phenoxy) is 1. The molecule has 0 radical (unpaired) electrons. The van der Waals surface area contributed by atoms with Crippen LogP contribution in [0.15, 0.2) is 24.3 Å². The Morgan fingerprint density at radius 2 is 1.67 bits per heavy atom. The summed E-state index contributed by atoms with van der Waals surface area (Å²) < 4.78 is 17.8. The van der Waals surface area contributed by atoms with Crippen molar-refractivity contribution in [2.75, 3.05) is 7.11 Å². The molecule has 1 heterocycles. The molecule has 6 heteroatoms. The van der Waals surface area contributed by atoms with Gasteiger partial charge < -0.3 is 4.74 Å². The van der Waals surface area contributed by atoms with Crippen LogP contribution in [-0.4, -0.2) is 17.1 Å². The van der Waals surface area contributed by atoms with E-state index in [1.807, 2.05) is 0 Å². The van der Waals surface area contributed by atoms with Gasteiger partial charge in [0.25, 0.3) is 0 Å². The summed E-state index contributed by atoms with van der Waals surface area (Å²) in [5, 5.41) is 0.433. The second-order valence-corrected chi connectivity index (χ2v) is 4.25. The first kappa shape index (κ1) is 13.2. The van der Waals surface area contributed by atoms with Crippen molar-refractivity contribution in [2.45, 2.75) is 6.61 Å². The molecule has 3 nitrogen and oxygen atoms in total. The average Bonchev–Trinajstić information content (AvgIpc) is 2.31. The highest BCUT2D eigenvalue weighted by atomic mass is 35.5. The van der Waals surface area contributed by atoms with Crippen LogP contribution in [0.5, 0.6) is 0 Å². The van der Waals surface area contributed by atoms with Gasteiger partial charge in [-0.15, -0.1) is 0 Å². The Bertz CT molecular complexity index is 537. The Balaban J connectivity index is 2.48. The Kier molecular flexibility index (Phi) is 4.11. The quantitative estimate of drug-likeness (QED) is 0.807. The topological polar surface area (TPSA) is 35.0 Å². The summed E-state index contributed by atoms with van der Waals surface area (Å²) in [6, 6.07) is 5.79. The van der Waals surface area contributed by atoms with Crippen LogP contribution in [-0.2, 0) is 11.3 Å². The Morgan fingerprint density at radius 3 is 2.17 bits per heavy atom. The molecular weight excluding hydrogens is 278 g/mol. The molecule has 1 aromatic heterocycles. The minimum Gasteiger partial charge on any atom is -0.377 e. The van der Waals surface area contributed by atoms with Crippen molar-refractivity contribution in [3.63, 3.8) is 0 Å². The molecule has 94 valence electrons. The van der Waals surface area contributed by atoms with Crippen molar-refractivity contribution >= 4 is 23.2 Å². The molecule has 0 fully saturated rings. The van der Waals surface area contributed by atoms with E-state index in [0.717, 1.165) is 0 Å². The van der Waals surface area contributed by atoms with Crippen molar-refractivity contribution in [3.8, 4) is 11.1 Å². The standard InChI is InChI=1S/C12H9Cl2FN2O/c1-18-6-9-16-11(13)10(12(14)17-9)7-2-4-8(15)5-3-7/h2-5H,6H2,1H3. The summed E-state index contributed by atoms with van der Waals surface area (Å²) in [4.78, 5) is 8.15. The van der Waals surface area contributed by atoms with Gasteiger partial charge in [-0.05, 0) is 17.7 Å². The summed E-state index contributed by atoms with van der Waals surface area (Å²) in [7, 11) is 1.53. The van der Waals surface area contributed by atoms with Crippen LogP contribution in [0.1, 0.15) is 5.82 Å². The van der Waals surface area contributed by atoms with E-state index < -0.39 is 0 Å². The third-order valence-corrected chi connectivity index (χ3v) is 2.82. The fourth-order valence-electron chi connectivity index (χ4n) is 1.50. The average molecular weight is 287 g/mol. The fourth-order valence-corrected chi connectivity index (χ4v) is 2.14. The Hall–Kier alpha value is -1.23. The van der Waals surface area contributed by atoms with Crippen LogP contribution in [0.4, 0.5) is 4.39 Å². The minimum absolute atomic E-state index is 0.216. The van der Waals surface area contributed by atoms with Crippen LogP contribution < -0.4 is 0 Å². The highest BCUT2D eigenvalue weighted by Crippen LogP contribution is 2.32. The van der Waals surface area contributed by atoms with Crippen molar-refractivity contribution < 1.29 is 9.13 Å². The molecular formula is C12H9Cl2FN2O. The molecule has 0 spiro atoms. The lowest BCUT2D eigenvalue weighted by molar-refractivity contribution is 0.178. The van der Waals surface area contributed by atoms with Gasteiger partial charge in [-0.1, -0.05) is 35.3 Å². The van der Waals surface area contributed by atoms with Gasteiger partial charge >= 0.3 is 0 Å². The Morgan fingerprint density at radius 1 is 1.11 bits per heavy atom. The predicted molar refractivity (Wildman–Crippen MR) is 68.2 cm³/mol. The van der Waals surface area contributed by atoms with E-state index in [1.165, 1.54) is 19.2 Å². The fraction of sp³-hybridized carbons (Fsp3) is 0.167. The van der Waals surface area contributed by atoms with Gasteiger partial charge in [-0.2, -0.15) is 0 Å². The number of rotatable bonds is 3. The van der Waals surface area contributed by atoms with Crippen LogP contribution in [0.3, 0.4) is 0 Å². The lowest BCUT2D eigenvalue weighted by Crippen LogP contribution is -1.99. The molecule has 0 saturated carbocycles. The van der Waals surface area contributed by atoms with Gasteiger partial charge in [0, 0.05) is 7.11 Å². The maximum Gasteiger partial charge on any atom is 0.157 e. The van der Waals surface area contributed by atoms with E-state index in [2.05, 4.69) is 9.97 Å². The molecule has 2 rings (SSSR count). The van der Waals surface area contributed by atoms with Gasteiger partial charge in [0.15, 0.2) is 5.82 Å². The maximum atomic E-state index is 12.9. The Labute approximate surface area is 114 Å². The summed E-state index contributed by atoms with van der Waals surface area (Å²) in [5.41, 5.74) is 1.15. The highest BCUT2D eigenvalue weighted by molar-refractivity contribution is 6.37. The van der Waals surface area contributed by atoms with Crippen molar-refractivity contribution in [1.82, 2.24) is 9.97 Å². The summed E-state index contributed by atoms with van der Waals surface area (Å²) >= 11 is 12.1. The van der Waals surface area contributed by atoms with Gasteiger partial charge in [0.1, 0.15) is 22.7 Å². The first-order valence-corrected chi connectivity index (χ1v) is 5.84. The van der Waals surface area contributed by atoms with Crippen LogP contribution >= 0.6 is 23.2 Å². The van der Waals surface area contributed by atoms with Gasteiger partial charge in [-0.25, -0.2) is 14.4 Å². The second-order valence-electron chi connectivity index (χ2n) is 3.54. The van der Waals surface area contributed by atoms with E-state index >= 15 is 0 Å². The maximum absolute atomic E-state index is 12.9. The molecule has 18 heavy (non-hydrogen) atoms. The van der Waals surface area contributed by atoms with E-state index in [9.17, 15) is 4.39 Å². The molecule has 0 amide bonds. The monoisotopic (exact) mass is 286 g/mol. The lowest BCUT2D eigenvalue weighted by Gasteiger charge is -2.08. The summed E-state index contributed by atoms with van der Waals surface area (Å²) in [6.07, 6.45) is 0. The molecule has 0 aliphatic heterocycles. The van der Waals surface area contributed by atoms with E-state index in [0.29, 0.717) is 17.0 Å². The zero-order valence-corrected chi connectivity index (χ0v) is 11.0. The van der Waals surface area contributed by atoms with Crippen LogP contribution in [0, 0.1) is 5.82 Å². The molecule has 0 aliphatic carbocycles. The van der Waals surface area contributed by atoms with E-state index in [-0.39, 0.29) is 22.7 Å². The largest absolute Gasteiger partial charge is 0.377 e. The zero-order valence-electron chi connectivity index (χ0n) is 9.45. The molecule has 0 bridgehead atoms.